The number of H-pyrrole nitrogens is 2. The van der Waals surface area contributed by atoms with Crippen molar-refractivity contribution in [3.8, 4) is 11.4 Å². The first-order valence-electron chi connectivity index (χ1n) is 22.5. The van der Waals surface area contributed by atoms with Gasteiger partial charge < -0.3 is 16.2 Å². The smallest absolute Gasteiger partial charge is 0.416 e. The van der Waals surface area contributed by atoms with E-state index < -0.39 is 99.1 Å². The third-order valence-corrected chi connectivity index (χ3v) is 10.8. The average Bonchev–Trinajstić information content (AvgIpc) is 3.52. The minimum atomic E-state index is -4.50. The van der Waals surface area contributed by atoms with Crippen molar-refractivity contribution in [3.05, 3.63) is 214 Å². The zero-order chi connectivity index (χ0) is 61.5. The summed E-state index contributed by atoms with van der Waals surface area (Å²) in [5, 5.41) is 13.0. The molecule has 5 aromatic carbocycles. The largest absolute Gasteiger partial charge is 0.481 e. The molecule has 3 amide bonds. The Morgan fingerprint density at radius 1 is 0.561 bits per heavy atom. The molecular formula is C50H38BrF15N8O8. The second-order valence-electron chi connectivity index (χ2n) is 16.3. The molecule has 0 aliphatic carbocycles. The van der Waals surface area contributed by atoms with Crippen LogP contribution in [0, 0.1) is 0 Å². The topological polar surface area (TPSA) is 234 Å². The molecule has 1 aliphatic heterocycles. The normalized spacial score (nSPS) is 12.6. The van der Waals surface area contributed by atoms with Crippen LogP contribution in [-0.4, -0.2) is 55.2 Å². The van der Waals surface area contributed by atoms with Crippen molar-refractivity contribution in [2.24, 2.45) is 0 Å². The van der Waals surface area contributed by atoms with Crippen LogP contribution in [0.2, 0.25) is 0 Å². The summed E-state index contributed by atoms with van der Waals surface area (Å²) in [6, 6.07) is 22.5. The highest BCUT2D eigenvalue weighted by Crippen LogP contribution is 2.34. The van der Waals surface area contributed by atoms with Gasteiger partial charge in [-0.2, -0.15) is 65.9 Å². The summed E-state index contributed by atoms with van der Waals surface area (Å²) >= 11 is 2.91. The Morgan fingerprint density at radius 2 is 0.988 bits per heavy atom. The van der Waals surface area contributed by atoms with E-state index in [0.29, 0.717) is 0 Å². The molecule has 7 aromatic rings. The number of nitrogens with one attached hydrogen (secondary N) is 4. The SMILES string of the molecule is Nc1cccc(C(F)(F)F)c1.O=C(O)CCNc1cccc(C(F)(F)F)c1.O=C1CCN(c2cccc(C(F)(F)F)c2)C(=O)N1.O=c1[nH]c(=O)n(-c2cccc(C(F)(F)F)c2)cc1Br.O=c1ccn(-c2cccc(C(F)(F)F)c2)c(=O)[nH]1. The van der Waals surface area contributed by atoms with E-state index >= 15 is 0 Å². The maximum absolute atomic E-state index is 12.6. The van der Waals surface area contributed by atoms with Crippen LogP contribution in [0.3, 0.4) is 0 Å². The number of aromatic nitrogens is 4. The number of imide groups is 1. The molecule has 82 heavy (non-hydrogen) atoms. The number of benzene rings is 5. The number of carboxylic acids is 1. The third-order valence-electron chi connectivity index (χ3n) is 10.2. The minimum Gasteiger partial charge on any atom is -0.481 e. The van der Waals surface area contributed by atoms with E-state index in [4.69, 9.17) is 10.8 Å². The van der Waals surface area contributed by atoms with Gasteiger partial charge in [0.25, 0.3) is 11.1 Å². The lowest BCUT2D eigenvalue weighted by atomic mass is 10.1. The van der Waals surface area contributed by atoms with Gasteiger partial charge in [-0.25, -0.2) is 14.4 Å². The summed E-state index contributed by atoms with van der Waals surface area (Å²) in [6.45, 7) is 0.169. The summed E-state index contributed by atoms with van der Waals surface area (Å²) in [7, 11) is 0. The van der Waals surface area contributed by atoms with Gasteiger partial charge in [0, 0.05) is 55.0 Å². The number of anilines is 3. The Morgan fingerprint density at radius 3 is 1.44 bits per heavy atom. The monoisotopic (exact) mass is 1240 g/mol. The van der Waals surface area contributed by atoms with E-state index in [1.54, 1.807) is 0 Å². The Kier molecular flexibility index (Phi) is 21.8. The van der Waals surface area contributed by atoms with E-state index in [-0.39, 0.29) is 58.8 Å². The van der Waals surface area contributed by atoms with Crippen molar-refractivity contribution >= 4 is 50.9 Å². The molecule has 0 saturated carbocycles. The lowest BCUT2D eigenvalue weighted by molar-refractivity contribution is -0.138. The third kappa shape index (κ3) is 20.2. The molecule has 16 nitrogen and oxygen atoms in total. The van der Waals surface area contributed by atoms with Crippen LogP contribution in [0.5, 0.6) is 0 Å². The highest BCUT2D eigenvalue weighted by Gasteiger charge is 2.34. The Hall–Kier alpha value is -9.10. The lowest BCUT2D eigenvalue weighted by Gasteiger charge is -2.27. The molecule has 7 N–H and O–H groups in total. The molecule has 8 rings (SSSR count). The van der Waals surface area contributed by atoms with E-state index in [0.717, 1.165) is 93.2 Å². The van der Waals surface area contributed by atoms with Gasteiger partial charge in [-0.15, -0.1) is 0 Å². The fourth-order valence-electron chi connectivity index (χ4n) is 6.42. The fourth-order valence-corrected chi connectivity index (χ4v) is 6.72. The van der Waals surface area contributed by atoms with Gasteiger partial charge in [-0.1, -0.05) is 30.3 Å². The predicted octanol–water partition coefficient (Wildman–Crippen LogP) is 10.9. The number of rotatable bonds is 7. The van der Waals surface area contributed by atoms with E-state index in [2.05, 4.69) is 26.6 Å². The minimum absolute atomic E-state index is 0.0109. The van der Waals surface area contributed by atoms with Crippen LogP contribution < -0.4 is 43.8 Å². The quantitative estimate of drug-likeness (QED) is 0.0652. The summed E-state index contributed by atoms with van der Waals surface area (Å²) in [5.41, 5.74) is -1.19. The number of urea groups is 1. The number of alkyl halides is 15. The maximum Gasteiger partial charge on any atom is 0.416 e. The Bertz CT molecular complexity index is 3610. The van der Waals surface area contributed by atoms with Gasteiger partial charge in [0.05, 0.1) is 50.1 Å². The first-order chi connectivity index (χ1) is 37.9. The molecule has 1 saturated heterocycles. The van der Waals surface area contributed by atoms with Crippen molar-refractivity contribution in [3.63, 3.8) is 0 Å². The highest BCUT2D eigenvalue weighted by molar-refractivity contribution is 9.10. The van der Waals surface area contributed by atoms with E-state index in [1.165, 1.54) is 60.7 Å². The first kappa shape index (κ1) is 65.4. The number of carbonyl (C=O) groups excluding carboxylic acids is 2. The predicted molar refractivity (Wildman–Crippen MR) is 268 cm³/mol. The number of aliphatic carboxylic acids is 1. The molecule has 0 bridgehead atoms. The van der Waals surface area contributed by atoms with Crippen molar-refractivity contribution < 1.29 is 85.3 Å². The molecule has 1 fully saturated rings. The number of halogens is 16. The maximum atomic E-state index is 12.6. The lowest BCUT2D eigenvalue weighted by Crippen LogP contribution is -2.49. The summed E-state index contributed by atoms with van der Waals surface area (Å²) in [5.74, 6) is -1.43. The number of nitrogens with zero attached hydrogens (tertiary/aromatic N) is 3. The summed E-state index contributed by atoms with van der Waals surface area (Å²) in [6.07, 6.45) is -20.0. The van der Waals surface area contributed by atoms with Crippen molar-refractivity contribution in [2.45, 2.75) is 43.7 Å². The number of hydrogen-bond acceptors (Lipinski definition) is 9. The molecule has 0 atom stereocenters. The van der Waals surface area contributed by atoms with Crippen LogP contribution in [0.15, 0.2) is 163 Å². The summed E-state index contributed by atoms with van der Waals surface area (Å²) < 4.78 is 187. The van der Waals surface area contributed by atoms with E-state index in [1.807, 2.05) is 9.97 Å². The molecule has 438 valence electrons. The molecular weight excluding hydrogens is 1210 g/mol. The number of aromatic amines is 2. The van der Waals surface area contributed by atoms with E-state index in [9.17, 15) is 99.4 Å². The zero-order valence-corrected chi connectivity index (χ0v) is 42.5. The molecule has 3 heterocycles. The Balaban J connectivity index is 0.000000222. The number of nitrogen functional groups attached to an aromatic ring is 1. The number of hydrogen-bond donors (Lipinski definition) is 6. The standard InChI is InChI=1S/C11H6BrF3N2O2.C11H9F3N2O2.C11H7F3N2O2.C10H10F3NO2.C7H6F3N/c12-8-5-17(10(19)16-9(8)18)7-3-1-2-6(4-7)11(13,14)15;2*12-11(13,14)7-2-1-3-8(6-7)16-5-4-9(17)15-10(16)18;11-10(12,13)7-2-1-3-8(6-7)14-5-4-9(15)16;8-7(9,10)5-2-1-3-6(11)4-5/h1-5H,(H,16,18,19);1-3,6H,4-5H2,(H,15,17,18);1-6H,(H,15,17,18);1-3,6,14H,4-5H2,(H,15,16);1-4H,11H2. The number of carboxylic acid groups (broad SMARTS) is 1. The van der Waals surface area contributed by atoms with Crippen LogP contribution in [0.25, 0.3) is 11.4 Å². The first-order valence-corrected chi connectivity index (χ1v) is 23.3. The molecule has 1 aliphatic rings. The second-order valence-corrected chi connectivity index (χ2v) is 17.1. The number of amides is 3. The molecule has 0 spiro atoms. The molecule has 32 heteroatoms. The second kappa shape index (κ2) is 27.4. The van der Waals surface area contributed by atoms with Crippen LogP contribution >= 0.6 is 15.9 Å². The van der Waals surface area contributed by atoms with Gasteiger partial charge in [-0.05, 0) is 107 Å². The van der Waals surface area contributed by atoms with Crippen molar-refractivity contribution in [1.29, 1.82) is 0 Å². The summed E-state index contributed by atoms with van der Waals surface area (Å²) in [4.78, 5) is 82.7. The number of nitrogens with two attached hydrogens (primary N) is 1. The number of carbonyl (C=O) groups is 3. The molecule has 0 radical (unpaired) electrons. The van der Waals surface area contributed by atoms with Crippen LogP contribution in [0.4, 0.5) is 87.7 Å². The zero-order valence-electron chi connectivity index (χ0n) is 40.9. The average molecular weight is 1240 g/mol. The van der Waals surface area contributed by atoms with Gasteiger partial charge in [0.15, 0.2) is 0 Å². The van der Waals surface area contributed by atoms with Crippen LogP contribution in [0.1, 0.15) is 40.7 Å². The van der Waals surface area contributed by atoms with Crippen molar-refractivity contribution in [2.75, 3.05) is 29.0 Å². The Labute approximate surface area is 457 Å². The van der Waals surface area contributed by atoms with Gasteiger partial charge in [0.2, 0.25) is 5.91 Å². The highest BCUT2D eigenvalue weighted by atomic mass is 79.9. The fraction of sp³-hybridized carbons (Fsp3) is 0.180. The van der Waals surface area contributed by atoms with Gasteiger partial charge >= 0.3 is 54.3 Å². The van der Waals surface area contributed by atoms with Crippen molar-refractivity contribution in [1.82, 2.24) is 24.4 Å². The van der Waals surface area contributed by atoms with Gasteiger partial charge in [-0.3, -0.25) is 48.5 Å². The van der Waals surface area contributed by atoms with Gasteiger partial charge in [0.1, 0.15) is 0 Å². The van der Waals surface area contributed by atoms with Crippen LogP contribution in [-0.2, 0) is 40.5 Å². The molecule has 2 aromatic heterocycles. The molecule has 0 unspecified atom stereocenters.